The number of aromatic nitrogens is 3. The Hall–Kier alpha value is -2.69. The number of carbonyl (C=O) groups excluding carboxylic acids is 1. The summed E-state index contributed by atoms with van der Waals surface area (Å²) in [5.41, 5.74) is 2.10. The lowest BCUT2D eigenvalue weighted by Gasteiger charge is -2.04. The summed E-state index contributed by atoms with van der Waals surface area (Å²) in [6.45, 7) is 0. The van der Waals surface area contributed by atoms with Crippen molar-refractivity contribution in [3.05, 3.63) is 54.2 Å². The van der Waals surface area contributed by atoms with Gasteiger partial charge in [-0.25, -0.2) is 4.98 Å². The zero-order valence-corrected chi connectivity index (χ0v) is 10.4. The molecule has 0 radical (unpaired) electrons. The second-order valence-corrected chi connectivity index (χ2v) is 4.16. The fourth-order valence-corrected chi connectivity index (χ4v) is 1.90. The first-order valence-electron chi connectivity index (χ1n) is 5.89. The molecule has 1 amide bonds. The van der Waals surface area contributed by atoms with Crippen LogP contribution in [0.3, 0.4) is 0 Å². The molecule has 0 fully saturated rings. The highest BCUT2D eigenvalue weighted by Crippen LogP contribution is 2.16. The van der Waals surface area contributed by atoms with E-state index >= 15 is 0 Å². The minimum absolute atomic E-state index is 0.181. The standard InChI is InChI=1S/C14H12N4O/c1-18-11-8-5-9-15-12(11)16-14(18)17-13(19)10-6-3-2-4-7-10/h2-9H,1H3,(H,15,16,17,19). The Balaban J connectivity index is 1.94. The van der Waals surface area contributed by atoms with E-state index in [4.69, 9.17) is 0 Å². The molecule has 0 aliphatic rings. The van der Waals surface area contributed by atoms with Gasteiger partial charge >= 0.3 is 0 Å². The number of hydrogen-bond acceptors (Lipinski definition) is 3. The summed E-state index contributed by atoms with van der Waals surface area (Å²) in [7, 11) is 1.84. The van der Waals surface area contributed by atoms with E-state index in [1.807, 2.05) is 41.9 Å². The maximum absolute atomic E-state index is 12.1. The summed E-state index contributed by atoms with van der Waals surface area (Å²) in [6, 6.07) is 12.8. The van der Waals surface area contributed by atoms with Crippen molar-refractivity contribution in [3.8, 4) is 0 Å². The number of benzene rings is 1. The van der Waals surface area contributed by atoms with E-state index in [1.54, 1.807) is 18.3 Å². The molecular weight excluding hydrogens is 240 g/mol. The highest BCUT2D eigenvalue weighted by Gasteiger charge is 2.12. The first kappa shape index (κ1) is 11.4. The molecule has 0 aliphatic carbocycles. The Bertz CT molecular complexity index is 734. The summed E-state index contributed by atoms with van der Waals surface area (Å²) in [4.78, 5) is 20.5. The highest BCUT2D eigenvalue weighted by atomic mass is 16.1. The van der Waals surface area contributed by atoms with Crippen LogP contribution in [-0.2, 0) is 7.05 Å². The molecule has 0 unspecified atom stereocenters. The van der Waals surface area contributed by atoms with Crippen molar-refractivity contribution in [3.63, 3.8) is 0 Å². The van der Waals surface area contributed by atoms with Crippen LogP contribution in [0.2, 0.25) is 0 Å². The Morgan fingerprint density at radius 3 is 2.68 bits per heavy atom. The molecule has 1 N–H and O–H groups in total. The maximum Gasteiger partial charge on any atom is 0.257 e. The van der Waals surface area contributed by atoms with Gasteiger partial charge in [-0.2, -0.15) is 4.98 Å². The van der Waals surface area contributed by atoms with Crippen molar-refractivity contribution in [1.82, 2.24) is 14.5 Å². The molecule has 0 saturated carbocycles. The number of carbonyl (C=O) groups is 1. The molecule has 94 valence electrons. The van der Waals surface area contributed by atoms with E-state index in [1.165, 1.54) is 0 Å². The topological polar surface area (TPSA) is 59.8 Å². The minimum atomic E-state index is -0.181. The average molecular weight is 252 g/mol. The maximum atomic E-state index is 12.1. The van der Waals surface area contributed by atoms with E-state index in [0.717, 1.165) is 5.52 Å². The van der Waals surface area contributed by atoms with E-state index < -0.39 is 0 Å². The quantitative estimate of drug-likeness (QED) is 0.760. The summed E-state index contributed by atoms with van der Waals surface area (Å²) in [6.07, 6.45) is 1.68. The van der Waals surface area contributed by atoms with Crippen LogP contribution < -0.4 is 5.32 Å². The Morgan fingerprint density at radius 2 is 1.95 bits per heavy atom. The number of rotatable bonds is 2. The molecular formula is C14H12N4O. The van der Waals surface area contributed by atoms with E-state index in [0.29, 0.717) is 17.2 Å². The predicted molar refractivity (Wildman–Crippen MR) is 72.9 cm³/mol. The molecule has 0 saturated heterocycles. The Kier molecular flexibility index (Phi) is 2.72. The summed E-state index contributed by atoms with van der Waals surface area (Å²) >= 11 is 0. The van der Waals surface area contributed by atoms with Crippen LogP contribution in [0.1, 0.15) is 10.4 Å². The first-order valence-corrected chi connectivity index (χ1v) is 5.89. The van der Waals surface area contributed by atoms with Gasteiger partial charge in [-0.1, -0.05) is 18.2 Å². The Labute approximate surface area is 109 Å². The SMILES string of the molecule is Cn1c(NC(=O)c2ccccc2)nc2ncccc21. The molecule has 2 aromatic heterocycles. The highest BCUT2D eigenvalue weighted by molar-refractivity contribution is 6.03. The number of nitrogens with zero attached hydrogens (tertiary/aromatic N) is 3. The van der Waals surface area contributed by atoms with Crippen LogP contribution in [0.25, 0.3) is 11.2 Å². The summed E-state index contributed by atoms with van der Waals surface area (Å²) < 4.78 is 1.81. The lowest BCUT2D eigenvalue weighted by molar-refractivity contribution is 0.102. The van der Waals surface area contributed by atoms with Gasteiger partial charge in [-0.3, -0.25) is 10.1 Å². The number of anilines is 1. The number of hydrogen-bond donors (Lipinski definition) is 1. The molecule has 0 atom stereocenters. The van der Waals surface area contributed by atoms with Gasteiger partial charge in [0.15, 0.2) is 5.65 Å². The van der Waals surface area contributed by atoms with Gasteiger partial charge in [0.05, 0.1) is 5.52 Å². The molecule has 5 heteroatoms. The third-order valence-electron chi connectivity index (χ3n) is 2.92. The van der Waals surface area contributed by atoms with Crippen molar-refractivity contribution >= 4 is 23.0 Å². The van der Waals surface area contributed by atoms with Crippen LogP contribution in [0.5, 0.6) is 0 Å². The van der Waals surface area contributed by atoms with Crippen molar-refractivity contribution in [2.45, 2.75) is 0 Å². The van der Waals surface area contributed by atoms with Crippen molar-refractivity contribution < 1.29 is 4.79 Å². The Morgan fingerprint density at radius 1 is 1.16 bits per heavy atom. The van der Waals surface area contributed by atoms with Crippen LogP contribution in [0.4, 0.5) is 5.95 Å². The van der Waals surface area contributed by atoms with Gasteiger partial charge in [-0.05, 0) is 24.3 Å². The zero-order chi connectivity index (χ0) is 13.2. The number of amides is 1. The molecule has 0 bridgehead atoms. The largest absolute Gasteiger partial charge is 0.312 e. The lowest BCUT2D eigenvalue weighted by atomic mass is 10.2. The summed E-state index contributed by atoms with van der Waals surface area (Å²) in [5.74, 6) is 0.307. The smallest absolute Gasteiger partial charge is 0.257 e. The molecule has 3 aromatic rings. The van der Waals surface area contributed by atoms with Gasteiger partial charge in [0.1, 0.15) is 0 Å². The molecule has 19 heavy (non-hydrogen) atoms. The normalized spacial score (nSPS) is 10.6. The van der Waals surface area contributed by atoms with Gasteiger partial charge in [0, 0.05) is 18.8 Å². The number of pyridine rings is 1. The van der Waals surface area contributed by atoms with Crippen molar-refractivity contribution in [2.24, 2.45) is 7.05 Å². The molecule has 2 heterocycles. The molecule has 5 nitrogen and oxygen atoms in total. The number of fused-ring (bicyclic) bond motifs is 1. The van der Waals surface area contributed by atoms with E-state index in [9.17, 15) is 4.79 Å². The number of imidazole rings is 1. The zero-order valence-electron chi connectivity index (χ0n) is 10.4. The molecule has 1 aromatic carbocycles. The predicted octanol–water partition coefficient (Wildman–Crippen LogP) is 2.22. The van der Waals surface area contributed by atoms with Gasteiger partial charge in [-0.15, -0.1) is 0 Å². The monoisotopic (exact) mass is 252 g/mol. The lowest BCUT2D eigenvalue weighted by Crippen LogP contribution is -2.14. The third-order valence-corrected chi connectivity index (χ3v) is 2.92. The second kappa shape index (κ2) is 4.53. The third kappa shape index (κ3) is 2.06. The number of nitrogens with one attached hydrogen (secondary N) is 1. The molecule has 0 spiro atoms. The van der Waals surface area contributed by atoms with Crippen LogP contribution >= 0.6 is 0 Å². The molecule has 0 aliphatic heterocycles. The average Bonchev–Trinajstić information content (AvgIpc) is 2.77. The van der Waals surface area contributed by atoms with E-state index in [-0.39, 0.29) is 5.91 Å². The van der Waals surface area contributed by atoms with Gasteiger partial charge in [0.2, 0.25) is 5.95 Å². The van der Waals surface area contributed by atoms with Crippen LogP contribution in [-0.4, -0.2) is 20.4 Å². The molecule has 3 rings (SSSR count). The van der Waals surface area contributed by atoms with Crippen molar-refractivity contribution in [1.29, 1.82) is 0 Å². The van der Waals surface area contributed by atoms with Crippen molar-refractivity contribution in [2.75, 3.05) is 5.32 Å². The first-order chi connectivity index (χ1) is 9.25. The van der Waals surface area contributed by atoms with Crippen LogP contribution in [0, 0.1) is 0 Å². The van der Waals surface area contributed by atoms with Gasteiger partial charge < -0.3 is 4.57 Å². The number of aryl methyl sites for hydroxylation is 1. The fraction of sp³-hybridized carbons (Fsp3) is 0.0714. The summed E-state index contributed by atoms with van der Waals surface area (Å²) in [5, 5.41) is 2.79. The second-order valence-electron chi connectivity index (χ2n) is 4.16. The van der Waals surface area contributed by atoms with Gasteiger partial charge in [0.25, 0.3) is 5.91 Å². The minimum Gasteiger partial charge on any atom is -0.312 e. The van der Waals surface area contributed by atoms with Crippen LogP contribution in [0.15, 0.2) is 48.7 Å². The fourth-order valence-electron chi connectivity index (χ4n) is 1.90. The van der Waals surface area contributed by atoms with E-state index in [2.05, 4.69) is 15.3 Å².